The molecule has 0 radical (unpaired) electrons. The zero-order valence-electron chi connectivity index (χ0n) is 19.8. The van der Waals surface area contributed by atoms with Gasteiger partial charge in [0, 0.05) is 55.4 Å². The Hall–Kier alpha value is -2.24. The van der Waals surface area contributed by atoms with Crippen LogP contribution in [0.2, 0.25) is 0 Å². The number of pyridine rings is 1. The van der Waals surface area contributed by atoms with Gasteiger partial charge in [0.1, 0.15) is 0 Å². The maximum Gasteiger partial charge on any atom is 0.253 e. The van der Waals surface area contributed by atoms with Gasteiger partial charge in [0.15, 0.2) is 0 Å². The smallest absolute Gasteiger partial charge is 0.253 e. The van der Waals surface area contributed by atoms with Crippen LogP contribution < -0.4 is 0 Å². The van der Waals surface area contributed by atoms with Gasteiger partial charge in [-0.15, -0.1) is 0 Å². The minimum absolute atomic E-state index is 0.0401. The van der Waals surface area contributed by atoms with Crippen LogP contribution in [0.3, 0.4) is 0 Å². The molecule has 5 heteroatoms. The summed E-state index contributed by atoms with van der Waals surface area (Å²) in [5, 5.41) is 0. The number of benzene rings is 1. The van der Waals surface area contributed by atoms with Gasteiger partial charge in [-0.25, -0.2) is 0 Å². The molecule has 2 unspecified atom stereocenters. The van der Waals surface area contributed by atoms with Crippen LogP contribution in [0.1, 0.15) is 81.1 Å². The second-order valence-corrected chi connectivity index (χ2v) is 10.2. The lowest BCUT2D eigenvalue weighted by molar-refractivity contribution is -0.190. The van der Waals surface area contributed by atoms with E-state index in [4.69, 9.17) is 9.47 Å². The predicted molar refractivity (Wildman–Crippen MR) is 126 cm³/mol. The van der Waals surface area contributed by atoms with Crippen LogP contribution in [0.25, 0.3) is 0 Å². The minimum Gasteiger partial charge on any atom is -0.378 e. The van der Waals surface area contributed by atoms with E-state index in [0.717, 1.165) is 36.9 Å². The fraction of sp³-hybridized carbons (Fsp3) is 0.556. The summed E-state index contributed by atoms with van der Waals surface area (Å²) in [4.78, 5) is 19.7. The summed E-state index contributed by atoms with van der Waals surface area (Å²) in [5.41, 5.74) is 2.56. The number of rotatable bonds is 4. The second-order valence-electron chi connectivity index (χ2n) is 10.2. The SMILES string of the molecule is CCOC1CC(c2ccccc2)OC2(CCN(C(=O)c3ccnc(C(C)(C)C)c3)CC2)C1. The number of likely N-dealkylation sites (tertiary alicyclic amines) is 1. The number of ether oxygens (including phenoxy) is 2. The number of carbonyl (C=O) groups is 1. The molecule has 2 aliphatic rings. The summed E-state index contributed by atoms with van der Waals surface area (Å²) < 4.78 is 12.8. The molecule has 3 heterocycles. The van der Waals surface area contributed by atoms with Crippen LogP contribution in [0.15, 0.2) is 48.7 Å². The Balaban J connectivity index is 1.47. The van der Waals surface area contributed by atoms with Crippen molar-refractivity contribution in [1.82, 2.24) is 9.88 Å². The molecule has 0 saturated carbocycles. The van der Waals surface area contributed by atoms with E-state index in [1.54, 1.807) is 6.20 Å². The third-order valence-electron chi connectivity index (χ3n) is 6.78. The van der Waals surface area contributed by atoms with E-state index in [2.05, 4.69) is 56.9 Å². The van der Waals surface area contributed by atoms with Crippen LogP contribution in [-0.2, 0) is 14.9 Å². The van der Waals surface area contributed by atoms with Gasteiger partial charge >= 0.3 is 0 Å². The molecular formula is C27H36N2O3. The van der Waals surface area contributed by atoms with Gasteiger partial charge in [0.25, 0.3) is 5.91 Å². The lowest BCUT2D eigenvalue weighted by Crippen LogP contribution is -2.52. The van der Waals surface area contributed by atoms with E-state index >= 15 is 0 Å². The summed E-state index contributed by atoms with van der Waals surface area (Å²) in [6.07, 6.45) is 5.44. The Morgan fingerprint density at radius 2 is 1.91 bits per heavy atom. The van der Waals surface area contributed by atoms with Crippen molar-refractivity contribution in [3.05, 3.63) is 65.5 Å². The molecule has 1 aromatic carbocycles. The Morgan fingerprint density at radius 1 is 1.19 bits per heavy atom. The molecule has 2 aliphatic heterocycles. The first-order valence-electron chi connectivity index (χ1n) is 11.9. The van der Waals surface area contributed by atoms with Crippen molar-refractivity contribution in [2.24, 2.45) is 0 Å². The van der Waals surface area contributed by atoms with Crippen LogP contribution in [0.4, 0.5) is 0 Å². The highest BCUT2D eigenvalue weighted by atomic mass is 16.5. The van der Waals surface area contributed by atoms with Gasteiger partial charge in [-0.05, 0) is 37.5 Å². The highest BCUT2D eigenvalue weighted by molar-refractivity contribution is 5.94. The monoisotopic (exact) mass is 436 g/mol. The van der Waals surface area contributed by atoms with Crippen molar-refractivity contribution in [3.63, 3.8) is 0 Å². The maximum absolute atomic E-state index is 13.2. The van der Waals surface area contributed by atoms with Crippen molar-refractivity contribution in [1.29, 1.82) is 0 Å². The van der Waals surface area contributed by atoms with Gasteiger partial charge in [-0.1, -0.05) is 51.1 Å². The van der Waals surface area contributed by atoms with E-state index < -0.39 is 0 Å². The van der Waals surface area contributed by atoms with Crippen LogP contribution >= 0.6 is 0 Å². The molecule has 1 spiro atoms. The van der Waals surface area contributed by atoms with E-state index in [1.165, 1.54) is 5.56 Å². The number of piperidine rings is 1. The van der Waals surface area contributed by atoms with Crippen molar-refractivity contribution in [2.75, 3.05) is 19.7 Å². The summed E-state index contributed by atoms with van der Waals surface area (Å²) in [6.45, 7) is 10.5. The third kappa shape index (κ3) is 5.05. The summed E-state index contributed by atoms with van der Waals surface area (Å²) in [6, 6.07) is 14.2. The standard InChI is InChI=1S/C27H36N2O3/c1-5-31-22-18-23(20-9-7-6-8-10-20)32-27(19-22)12-15-29(16-13-27)25(30)21-11-14-28-24(17-21)26(2,3)4/h6-11,14,17,22-23H,5,12-13,15-16,18-19H2,1-4H3. The number of hydrogen-bond acceptors (Lipinski definition) is 4. The Bertz CT molecular complexity index is 914. The Morgan fingerprint density at radius 3 is 2.56 bits per heavy atom. The van der Waals surface area contributed by atoms with E-state index in [1.807, 2.05) is 23.1 Å². The molecule has 2 saturated heterocycles. The lowest BCUT2D eigenvalue weighted by atomic mass is 9.80. The first kappa shape index (κ1) is 22.9. The molecule has 2 aromatic rings. The summed E-state index contributed by atoms with van der Waals surface area (Å²) in [5.74, 6) is 0.0875. The summed E-state index contributed by atoms with van der Waals surface area (Å²) in [7, 11) is 0. The topological polar surface area (TPSA) is 51.7 Å². The van der Waals surface area contributed by atoms with Crippen molar-refractivity contribution in [2.45, 2.75) is 76.6 Å². The van der Waals surface area contributed by atoms with Crippen molar-refractivity contribution < 1.29 is 14.3 Å². The molecule has 0 bridgehead atoms. The van der Waals surface area contributed by atoms with Crippen molar-refractivity contribution >= 4 is 5.91 Å². The Kier molecular flexibility index (Phi) is 6.68. The first-order chi connectivity index (χ1) is 15.3. The Labute approximate surface area is 192 Å². The molecule has 0 N–H and O–H groups in total. The average molecular weight is 437 g/mol. The molecule has 2 atom stereocenters. The fourth-order valence-electron chi connectivity index (χ4n) is 4.97. The first-order valence-corrected chi connectivity index (χ1v) is 11.9. The molecule has 1 amide bonds. The predicted octanol–water partition coefficient (Wildman–Crippen LogP) is 5.31. The average Bonchev–Trinajstić information content (AvgIpc) is 2.79. The quantitative estimate of drug-likeness (QED) is 0.652. The zero-order chi connectivity index (χ0) is 22.8. The van der Waals surface area contributed by atoms with E-state index in [0.29, 0.717) is 19.7 Å². The van der Waals surface area contributed by atoms with E-state index in [9.17, 15) is 4.79 Å². The number of nitrogens with zero attached hydrogens (tertiary/aromatic N) is 2. The molecular weight excluding hydrogens is 400 g/mol. The highest BCUT2D eigenvalue weighted by Crippen LogP contribution is 2.44. The van der Waals surface area contributed by atoms with Crippen molar-refractivity contribution in [3.8, 4) is 0 Å². The number of carbonyl (C=O) groups excluding carboxylic acids is 1. The van der Waals surface area contributed by atoms with Gasteiger partial charge in [0.05, 0.1) is 17.8 Å². The molecule has 172 valence electrons. The fourth-order valence-corrected chi connectivity index (χ4v) is 4.97. The maximum atomic E-state index is 13.2. The minimum atomic E-state index is -0.232. The number of aromatic nitrogens is 1. The lowest BCUT2D eigenvalue weighted by Gasteiger charge is -2.48. The summed E-state index contributed by atoms with van der Waals surface area (Å²) >= 11 is 0. The molecule has 2 fully saturated rings. The van der Waals surface area contributed by atoms with Gasteiger partial charge in [-0.3, -0.25) is 9.78 Å². The largest absolute Gasteiger partial charge is 0.378 e. The molecule has 4 rings (SSSR count). The van der Waals surface area contributed by atoms with Crippen LogP contribution in [0.5, 0.6) is 0 Å². The van der Waals surface area contributed by atoms with Gasteiger partial charge in [-0.2, -0.15) is 0 Å². The highest BCUT2D eigenvalue weighted by Gasteiger charge is 2.45. The van der Waals surface area contributed by atoms with Gasteiger partial charge in [0.2, 0.25) is 0 Å². The van der Waals surface area contributed by atoms with Crippen LogP contribution in [0, 0.1) is 0 Å². The molecule has 0 aliphatic carbocycles. The second kappa shape index (κ2) is 9.32. The number of hydrogen-bond donors (Lipinski definition) is 0. The normalized spacial score (nSPS) is 23.3. The molecule has 5 nitrogen and oxygen atoms in total. The molecule has 32 heavy (non-hydrogen) atoms. The van der Waals surface area contributed by atoms with E-state index in [-0.39, 0.29) is 29.1 Å². The molecule has 1 aromatic heterocycles. The van der Waals surface area contributed by atoms with Crippen LogP contribution in [-0.4, -0.2) is 47.2 Å². The van der Waals surface area contributed by atoms with Gasteiger partial charge < -0.3 is 14.4 Å². The zero-order valence-corrected chi connectivity index (χ0v) is 19.8. The number of amides is 1. The third-order valence-corrected chi connectivity index (χ3v) is 6.78.